The fourth-order valence-corrected chi connectivity index (χ4v) is 3.22. The predicted octanol–water partition coefficient (Wildman–Crippen LogP) is 4.02. The monoisotopic (exact) mass is 331 g/mol. The van der Waals surface area contributed by atoms with Crippen LogP contribution in [0, 0.1) is 17.7 Å². The molecule has 1 fully saturated rings. The second kappa shape index (κ2) is 7.47. The van der Waals surface area contributed by atoms with Crippen molar-refractivity contribution in [3.05, 3.63) is 41.2 Å². The van der Waals surface area contributed by atoms with E-state index in [1.54, 1.807) is 6.07 Å². The van der Waals surface area contributed by atoms with E-state index in [-0.39, 0.29) is 17.7 Å². The van der Waals surface area contributed by atoms with Crippen molar-refractivity contribution in [1.82, 2.24) is 4.90 Å². The van der Waals surface area contributed by atoms with Gasteiger partial charge < -0.3 is 4.74 Å². The molecule has 0 spiro atoms. The van der Waals surface area contributed by atoms with Crippen LogP contribution < -0.4 is 0 Å². The third kappa shape index (κ3) is 4.04. The maximum absolute atomic E-state index is 14.3. The Labute approximate surface area is 143 Å². The Balaban J connectivity index is 1.59. The van der Waals surface area contributed by atoms with Crippen molar-refractivity contribution in [2.75, 3.05) is 19.7 Å². The molecule has 1 atom stereocenters. The van der Waals surface area contributed by atoms with Crippen LogP contribution in [0.5, 0.6) is 0 Å². The van der Waals surface area contributed by atoms with Gasteiger partial charge in [0.1, 0.15) is 5.82 Å². The minimum atomic E-state index is -0.175. The highest BCUT2D eigenvalue weighted by Gasteiger charge is 2.28. The lowest BCUT2D eigenvalue weighted by atomic mass is 9.82. The van der Waals surface area contributed by atoms with E-state index in [9.17, 15) is 9.18 Å². The third-order valence-corrected chi connectivity index (χ3v) is 4.72. The number of halogens is 1. The highest BCUT2D eigenvalue weighted by Crippen LogP contribution is 2.35. The van der Waals surface area contributed by atoms with E-state index in [4.69, 9.17) is 4.74 Å². The number of ether oxygens (including phenoxy) is 1. The summed E-state index contributed by atoms with van der Waals surface area (Å²) < 4.78 is 19.6. The van der Waals surface area contributed by atoms with Gasteiger partial charge in [0, 0.05) is 12.1 Å². The van der Waals surface area contributed by atoms with Gasteiger partial charge in [0.05, 0.1) is 12.5 Å². The molecule has 1 heterocycles. The summed E-state index contributed by atoms with van der Waals surface area (Å²) >= 11 is 0. The third-order valence-electron chi connectivity index (χ3n) is 4.72. The van der Waals surface area contributed by atoms with Crippen LogP contribution in [0.4, 0.5) is 4.39 Å². The molecule has 24 heavy (non-hydrogen) atoms. The van der Waals surface area contributed by atoms with Gasteiger partial charge in [-0.1, -0.05) is 32.1 Å². The second-order valence-corrected chi connectivity index (χ2v) is 7.32. The highest BCUT2D eigenvalue weighted by atomic mass is 19.1. The lowest BCUT2D eigenvalue weighted by molar-refractivity contribution is -0.148. The Morgan fingerprint density at radius 3 is 2.67 bits per heavy atom. The number of hydrogen-bond donors (Lipinski definition) is 0. The summed E-state index contributed by atoms with van der Waals surface area (Å²) in [6.45, 7) is 7.30. The molecule has 2 aliphatic rings. The fraction of sp³-hybridized carbons (Fsp3) is 0.550. The number of carbonyl (C=O) groups excluding carboxylic acids is 1. The summed E-state index contributed by atoms with van der Waals surface area (Å²) in [7, 11) is 0. The lowest BCUT2D eigenvalue weighted by Gasteiger charge is -2.25. The van der Waals surface area contributed by atoms with Gasteiger partial charge in [0.15, 0.2) is 0 Å². The van der Waals surface area contributed by atoms with Crippen LogP contribution in [0.1, 0.15) is 44.2 Å². The first-order valence-electron chi connectivity index (χ1n) is 8.91. The Morgan fingerprint density at radius 2 is 2.04 bits per heavy atom. The highest BCUT2D eigenvalue weighted by molar-refractivity contribution is 5.86. The van der Waals surface area contributed by atoms with Crippen LogP contribution in [0.15, 0.2) is 24.3 Å². The number of hydrogen-bond acceptors (Lipinski definition) is 3. The zero-order chi connectivity index (χ0) is 17.1. The summed E-state index contributed by atoms with van der Waals surface area (Å²) in [5.41, 5.74) is 2.67. The molecule has 4 heteroatoms. The maximum Gasteiger partial charge on any atom is 0.313 e. The topological polar surface area (TPSA) is 29.5 Å². The van der Waals surface area contributed by atoms with Crippen LogP contribution in [-0.2, 0) is 16.1 Å². The Kier molecular flexibility index (Phi) is 5.34. The van der Waals surface area contributed by atoms with E-state index in [0.29, 0.717) is 25.5 Å². The SMILES string of the molecule is CC(C)COC(=O)C1C=C(c2ccc(CN3CCCC3)c(F)c2)C1. The first-order chi connectivity index (χ1) is 11.5. The first-order valence-corrected chi connectivity index (χ1v) is 8.91. The number of nitrogens with zero attached hydrogens (tertiary/aromatic N) is 1. The van der Waals surface area contributed by atoms with Gasteiger partial charge in [-0.15, -0.1) is 0 Å². The molecule has 1 unspecified atom stereocenters. The van der Waals surface area contributed by atoms with Crippen molar-refractivity contribution in [2.45, 2.75) is 39.7 Å². The van der Waals surface area contributed by atoms with Crippen molar-refractivity contribution in [3.8, 4) is 0 Å². The standard InChI is InChI=1S/C20H26FNO2/c1-14(2)13-24-20(23)18-9-17(10-18)15-5-6-16(19(21)11-15)12-22-7-3-4-8-22/h5-6,9,11,14,18H,3-4,7-8,10,12-13H2,1-2H3. The number of esters is 1. The van der Waals surface area contributed by atoms with Crippen LogP contribution in [-0.4, -0.2) is 30.6 Å². The zero-order valence-electron chi connectivity index (χ0n) is 14.6. The van der Waals surface area contributed by atoms with Crippen LogP contribution in [0.3, 0.4) is 0 Å². The summed E-state index contributed by atoms with van der Waals surface area (Å²) in [4.78, 5) is 14.2. The van der Waals surface area contributed by atoms with E-state index in [1.807, 2.05) is 32.1 Å². The molecule has 1 aromatic carbocycles. The molecule has 0 N–H and O–H groups in total. The molecule has 3 rings (SSSR count). The Bertz CT molecular complexity index is 633. The van der Waals surface area contributed by atoms with Crippen molar-refractivity contribution in [1.29, 1.82) is 0 Å². The fourth-order valence-electron chi connectivity index (χ4n) is 3.22. The second-order valence-electron chi connectivity index (χ2n) is 7.32. The van der Waals surface area contributed by atoms with Crippen LogP contribution >= 0.6 is 0 Å². The van der Waals surface area contributed by atoms with E-state index in [1.165, 1.54) is 12.8 Å². The maximum atomic E-state index is 14.3. The quantitative estimate of drug-likeness (QED) is 0.737. The van der Waals surface area contributed by atoms with Gasteiger partial charge in [-0.25, -0.2) is 4.39 Å². The normalized spacial score (nSPS) is 20.8. The number of rotatable bonds is 6. The van der Waals surface area contributed by atoms with Crippen molar-refractivity contribution < 1.29 is 13.9 Å². The van der Waals surface area contributed by atoms with Crippen molar-refractivity contribution in [2.24, 2.45) is 11.8 Å². The van der Waals surface area contributed by atoms with Crippen LogP contribution in [0.2, 0.25) is 0 Å². The van der Waals surface area contributed by atoms with E-state index in [2.05, 4.69) is 4.90 Å². The van der Waals surface area contributed by atoms with Gasteiger partial charge in [-0.2, -0.15) is 0 Å². The minimum Gasteiger partial charge on any atom is -0.465 e. The Morgan fingerprint density at radius 1 is 1.33 bits per heavy atom. The number of benzene rings is 1. The van der Waals surface area contributed by atoms with Gasteiger partial charge in [-0.05, 0) is 55.5 Å². The number of allylic oxidation sites excluding steroid dienone is 1. The summed E-state index contributed by atoms with van der Waals surface area (Å²) in [6, 6.07) is 5.46. The summed E-state index contributed by atoms with van der Waals surface area (Å²) in [5, 5.41) is 0. The molecule has 0 radical (unpaired) electrons. The average molecular weight is 331 g/mol. The molecular weight excluding hydrogens is 305 g/mol. The van der Waals surface area contributed by atoms with E-state index >= 15 is 0 Å². The molecule has 0 aromatic heterocycles. The molecule has 1 aromatic rings. The predicted molar refractivity (Wildman–Crippen MR) is 92.8 cm³/mol. The van der Waals surface area contributed by atoms with E-state index in [0.717, 1.165) is 29.8 Å². The molecule has 1 aliphatic carbocycles. The smallest absolute Gasteiger partial charge is 0.313 e. The van der Waals surface area contributed by atoms with E-state index < -0.39 is 0 Å². The number of likely N-dealkylation sites (tertiary alicyclic amines) is 1. The molecule has 1 saturated heterocycles. The number of carbonyl (C=O) groups is 1. The first kappa shape index (κ1) is 17.2. The van der Waals surface area contributed by atoms with Gasteiger partial charge in [0.25, 0.3) is 0 Å². The molecule has 0 bridgehead atoms. The largest absolute Gasteiger partial charge is 0.465 e. The molecule has 0 saturated carbocycles. The van der Waals surface area contributed by atoms with Crippen LogP contribution in [0.25, 0.3) is 5.57 Å². The summed E-state index contributed by atoms with van der Waals surface area (Å²) in [5.74, 6) is -0.148. The molecular formula is C20H26FNO2. The summed E-state index contributed by atoms with van der Waals surface area (Å²) in [6.07, 6.45) is 4.96. The molecule has 130 valence electrons. The van der Waals surface area contributed by atoms with Gasteiger partial charge in [0.2, 0.25) is 0 Å². The minimum absolute atomic E-state index is 0.147. The molecule has 3 nitrogen and oxygen atoms in total. The van der Waals surface area contributed by atoms with Gasteiger partial charge in [-0.3, -0.25) is 9.69 Å². The Hall–Kier alpha value is -1.68. The lowest BCUT2D eigenvalue weighted by Crippen LogP contribution is -2.24. The zero-order valence-corrected chi connectivity index (χ0v) is 14.6. The van der Waals surface area contributed by atoms with Crippen molar-refractivity contribution in [3.63, 3.8) is 0 Å². The molecule has 1 aliphatic heterocycles. The van der Waals surface area contributed by atoms with Gasteiger partial charge >= 0.3 is 5.97 Å². The average Bonchev–Trinajstić information content (AvgIpc) is 2.99. The molecule has 0 amide bonds. The van der Waals surface area contributed by atoms with Crippen molar-refractivity contribution >= 4 is 11.5 Å².